The summed E-state index contributed by atoms with van der Waals surface area (Å²) in [6.07, 6.45) is 6.79. The summed E-state index contributed by atoms with van der Waals surface area (Å²) < 4.78 is 12.0. The molecule has 0 bridgehead atoms. The second-order valence-electron chi connectivity index (χ2n) is 11.2. The number of fused-ring (bicyclic) bond motifs is 1. The molecule has 1 saturated carbocycles. The Morgan fingerprint density at radius 3 is 2.46 bits per heavy atom. The van der Waals surface area contributed by atoms with Crippen LogP contribution in [0.5, 0.6) is 0 Å². The highest BCUT2D eigenvalue weighted by molar-refractivity contribution is 5.63. The van der Waals surface area contributed by atoms with Crippen molar-refractivity contribution in [2.45, 2.75) is 50.7 Å². The van der Waals surface area contributed by atoms with Gasteiger partial charge in [0.15, 0.2) is 5.82 Å². The van der Waals surface area contributed by atoms with Gasteiger partial charge in [0.25, 0.3) is 0 Å². The van der Waals surface area contributed by atoms with Gasteiger partial charge in [0.2, 0.25) is 0 Å². The molecule has 0 radical (unpaired) electrons. The summed E-state index contributed by atoms with van der Waals surface area (Å²) >= 11 is 0. The Hall–Kier alpha value is -2.26. The van der Waals surface area contributed by atoms with E-state index in [1.165, 1.54) is 24.2 Å². The third kappa shape index (κ3) is 5.77. The first-order valence-electron chi connectivity index (χ1n) is 14.3. The molecule has 0 amide bonds. The molecule has 1 N–H and O–H groups in total. The molecule has 4 aliphatic rings. The highest BCUT2D eigenvalue weighted by Crippen LogP contribution is 2.42. The molecule has 0 unspecified atom stereocenters. The van der Waals surface area contributed by atoms with Gasteiger partial charge in [0, 0.05) is 69.0 Å². The van der Waals surface area contributed by atoms with Crippen molar-refractivity contribution in [3.05, 3.63) is 35.5 Å². The van der Waals surface area contributed by atoms with Crippen molar-refractivity contribution in [3.63, 3.8) is 0 Å². The molecule has 3 aliphatic heterocycles. The summed E-state index contributed by atoms with van der Waals surface area (Å²) in [6, 6.07) is 8.87. The van der Waals surface area contributed by atoms with E-state index < -0.39 is 0 Å². The number of hydrogen-bond donors (Lipinski definition) is 1. The Morgan fingerprint density at radius 1 is 0.946 bits per heavy atom. The molecule has 1 aliphatic carbocycles. The number of anilines is 2. The largest absolute Gasteiger partial charge is 0.379 e. The molecule has 2 aromatic rings. The van der Waals surface area contributed by atoms with Gasteiger partial charge in [-0.2, -0.15) is 0 Å². The minimum Gasteiger partial charge on any atom is -0.379 e. The number of piperazine rings is 1. The topological polar surface area (TPSA) is 66.0 Å². The van der Waals surface area contributed by atoms with Crippen LogP contribution < -0.4 is 10.2 Å². The summed E-state index contributed by atoms with van der Waals surface area (Å²) in [5, 5.41) is 3.67. The minimum atomic E-state index is -0.0164. The SMILES string of the molecule is CN1CCN(c2ccc(-c3nc4c(c(NCCCN5CCOCC5)n3)COC3(CCCC3)C4)cc2)CC1. The fourth-order valence-corrected chi connectivity index (χ4v) is 6.25. The van der Waals surface area contributed by atoms with E-state index in [0.717, 1.165) is 114 Å². The second-order valence-corrected chi connectivity index (χ2v) is 11.2. The lowest BCUT2D eigenvalue weighted by Gasteiger charge is -2.35. The summed E-state index contributed by atoms with van der Waals surface area (Å²) in [7, 11) is 2.20. The van der Waals surface area contributed by atoms with Gasteiger partial charge in [0.05, 0.1) is 31.1 Å². The highest BCUT2D eigenvalue weighted by atomic mass is 16.5. The van der Waals surface area contributed by atoms with Crippen molar-refractivity contribution in [2.75, 3.05) is 82.8 Å². The molecule has 8 nitrogen and oxygen atoms in total. The van der Waals surface area contributed by atoms with Crippen LogP contribution in [0.15, 0.2) is 24.3 Å². The normalized spacial score (nSPS) is 22.4. The third-order valence-electron chi connectivity index (χ3n) is 8.66. The summed E-state index contributed by atoms with van der Waals surface area (Å²) in [5.41, 5.74) is 4.69. The number of likely N-dealkylation sites (N-methyl/N-ethyl adjacent to an activating group) is 1. The van der Waals surface area contributed by atoms with Crippen LogP contribution in [0, 0.1) is 0 Å². The molecule has 1 aromatic carbocycles. The smallest absolute Gasteiger partial charge is 0.161 e. The fourth-order valence-electron chi connectivity index (χ4n) is 6.25. The lowest BCUT2D eigenvalue weighted by atomic mass is 9.90. The Labute approximate surface area is 221 Å². The molecule has 200 valence electrons. The molecule has 1 spiro atoms. The second kappa shape index (κ2) is 11.2. The monoisotopic (exact) mass is 506 g/mol. The number of nitrogens with one attached hydrogen (secondary N) is 1. The van der Waals surface area contributed by atoms with E-state index >= 15 is 0 Å². The van der Waals surface area contributed by atoms with E-state index in [1.54, 1.807) is 0 Å². The van der Waals surface area contributed by atoms with Crippen LogP contribution >= 0.6 is 0 Å². The maximum Gasteiger partial charge on any atom is 0.161 e. The van der Waals surface area contributed by atoms with E-state index in [4.69, 9.17) is 19.4 Å². The quantitative estimate of drug-likeness (QED) is 0.573. The number of ether oxygens (including phenoxy) is 2. The maximum atomic E-state index is 6.48. The molecule has 4 heterocycles. The Bertz CT molecular complexity index is 1040. The van der Waals surface area contributed by atoms with E-state index in [9.17, 15) is 0 Å². The van der Waals surface area contributed by atoms with Crippen LogP contribution in [0.1, 0.15) is 43.4 Å². The average molecular weight is 507 g/mol. The van der Waals surface area contributed by atoms with Gasteiger partial charge >= 0.3 is 0 Å². The minimum absolute atomic E-state index is 0.0164. The molecular weight excluding hydrogens is 464 g/mol. The van der Waals surface area contributed by atoms with Gasteiger partial charge in [-0.15, -0.1) is 0 Å². The van der Waals surface area contributed by atoms with E-state index in [1.807, 2.05) is 0 Å². The predicted octanol–water partition coefficient (Wildman–Crippen LogP) is 3.42. The van der Waals surface area contributed by atoms with Gasteiger partial charge in [-0.25, -0.2) is 9.97 Å². The first-order valence-corrected chi connectivity index (χ1v) is 14.3. The summed E-state index contributed by atoms with van der Waals surface area (Å²) in [4.78, 5) is 17.5. The van der Waals surface area contributed by atoms with Crippen LogP contribution in [-0.2, 0) is 22.5 Å². The van der Waals surface area contributed by atoms with Crippen molar-refractivity contribution >= 4 is 11.5 Å². The lowest BCUT2D eigenvalue weighted by Crippen LogP contribution is -2.44. The Balaban J connectivity index is 1.20. The Morgan fingerprint density at radius 2 is 1.70 bits per heavy atom. The van der Waals surface area contributed by atoms with Crippen LogP contribution in [0.3, 0.4) is 0 Å². The van der Waals surface area contributed by atoms with Crippen molar-refractivity contribution in [2.24, 2.45) is 0 Å². The zero-order chi connectivity index (χ0) is 25.1. The van der Waals surface area contributed by atoms with Crippen molar-refractivity contribution in [1.29, 1.82) is 0 Å². The van der Waals surface area contributed by atoms with E-state index in [2.05, 4.69) is 51.3 Å². The van der Waals surface area contributed by atoms with Crippen molar-refractivity contribution in [3.8, 4) is 11.4 Å². The number of morpholine rings is 1. The molecule has 8 heteroatoms. The first-order chi connectivity index (χ1) is 18.2. The number of nitrogens with zero attached hydrogens (tertiary/aromatic N) is 5. The predicted molar refractivity (Wildman–Crippen MR) is 147 cm³/mol. The van der Waals surface area contributed by atoms with Gasteiger partial charge in [-0.3, -0.25) is 4.90 Å². The fraction of sp³-hybridized carbons (Fsp3) is 0.655. The number of benzene rings is 1. The van der Waals surface area contributed by atoms with Crippen LogP contribution in [0.25, 0.3) is 11.4 Å². The van der Waals surface area contributed by atoms with Gasteiger partial charge in [-0.05, 0) is 57.1 Å². The molecule has 2 saturated heterocycles. The van der Waals surface area contributed by atoms with Gasteiger partial charge < -0.3 is 24.6 Å². The molecule has 0 atom stereocenters. The molecule has 3 fully saturated rings. The van der Waals surface area contributed by atoms with Gasteiger partial charge in [-0.1, -0.05) is 12.8 Å². The van der Waals surface area contributed by atoms with Crippen molar-refractivity contribution in [1.82, 2.24) is 19.8 Å². The van der Waals surface area contributed by atoms with Crippen molar-refractivity contribution < 1.29 is 9.47 Å². The highest BCUT2D eigenvalue weighted by Gasteiger charge is 2.40. The number of aromatic nitrogens is 2. The first kappa shape index (κ1) is 25.0. The van der Waals surface area contributed by atoms with E-state index in [-0.39, 0.29) is 5.60 Å². The zero-order valence-electron chi connectivity index (χ0n) is 22.4. The number of rotatable bonds is 7. The molecular formula is C29H42N6O2. The van der Waals surface area contributed by atoms with Crippen LogP contribution in [-0.4, -0.2) is 98.0 Å². The van der Waals surface area contributed by atoms with Gasteiger partial charge in [0.1, 0.15) is 5.82 Å². The summed E-state index contributed by atoms with van der Waals surface area (Å²) in [6.45, 7) is 10.7. The number of hydrogen-bond acceptors (Lipinski definition) is 8. The summed E-state index contributed by atoms with van der Waals surface area (Å²) in [5.74, 6) is 1.78. The van der Waals surface area contributed by atoms with Crippen LogP contribution in [0.2, 0.25) is 0 Å². The molecule has 37 heavy (non-hydrogen) atoms. The maximum absolute atomic E-state index is 6.48. The average Bonchev–Trinajstić information content (AvgIpc) is 3.39. The molecule has 6 rings (SSSR count). The standard InChI is InChI=1S/C29H42N6O2/c1-33-13-15-35(16-14-33)24-7-5-23(6-8-24)27-31-26-21-29(9-2-3-10-29)37-22-25(26)28(32-27)30-11-4-12-34-17-19-36-20-18-34/h5-8H,2-4,9-22H2,1H3,(H,30,31,32). The lowest BCUT2D eigenvalue weighted by molar-refractivity contribution is -0.0633. The third-order valence-corrected chi connectivity index (χ3v) is 8.66. The van der Waals surface area contributed by atoms with E-state index in [0.29, 0.717) is 6.61 Å². The zero-order valence-corrected chi connectivity index (χ0v) is 22.4. The van der Waals surface area contributed by atoms with Crippen LogP contribution in [0.4, 0.5) is 11.5 Å². The Kier molecular flexibility index (Phi) is 7.60. The molecule has 1 aromatic heterocycles.